The standard InChI is InChI=1S/C26H31N5O3/c1-2-3-13-27-23(32)18-29-14-16-30(17-15-29)24(33)19-31-22-12-8-7-11-21(22)25(28-26(31)34)20-9-5-4-6-10-20/h4-12H,2-3,13-19H2,1H3,(H,27,32). The van der Waals surface area contributed by atoms with Gasteiger partial charge in [-0.15, -0.1) is 0 Å². The average Bonchev–Trinajstić information content (AvgIpc) is 2.86. The molecule has 1 aliphatic heterocycles. The van der Waals surface area contributed by atoms with Crippen molar-refractivity contribution in [2.24, 2.45) is 0 Å². The molecule has 4 rings (SSSR count). The third-order valence-corrected chi connectivity index (χ3v) is 6.17. The summed E-state index contributed by atoms with van der Waals surface area (Å²) in [5.74, 6) is -0.0932. The number of benzene rings is 2. The first-order valence-electron chi connectivity index (χ1n) is 11.9. The van der Waals surface area contributed by atoms with Crippen LogP contribution < -0.4 is 11.0 Å². The van der Waals surface area contributed by atoms with Crippen molar-refractivity contribution in [3.05, 3.63) is 65.1 Å². The summed E-state index contributed by atoms with van der Waals surface area (Å²) in [4.78, 5) is 46.2. The van der Waals surface area contributed by atoms with Gasteiger partial charge in [0.1, 0.15) is 6.54 Å². The van der Waals surface area contributed by atoms with Crippen LogP contribution in [0.25, 0.3) is 22.2 Å². The smallest absolute Gasteiger partial charge is 0.349 e. The van der Waals surface area contributed by atoms with Crippen LogP contribution in [0.2, 0.25) is 0 Å². The number of fused-ring (bicyclic) bond motifs is 1. The van der Waals surface area contributed by atoms with Crippen molar-refractivity contribution >= 4 is 22.7 Å². The van der Waals surface area contributed by atoms with Gasteiger partial charge in [-0.05, 0) is 12.5 Å². The molecular formula is C26H31N5O3. The maximum atomic E-state index is 13.1. The fourth-order valence-corrected chi connectivity index (χ4v) is 4.25. The van der Waals surface area contributed by atoms with Crippen LogP contribution in [0.3, 0.4) is 0 Å². The summed E-state index contributed by atoms with van der Waals surface area (Å²) in [6.07, 6.45) is 2.02. The highest BCUT2D eigenvalue weighted by atomic mass is 16.2. The number of nitrogens with zero attached hydrogens (tertiary/aromatic N) is 4. The second kappa shape index (κ2) is 11.1. The van der Waals surface area contributed by atoms with Crippen LogP contribution in [-0.2, 0) is 16.1 Å². The van der Waals surface area contributed by atoms with E-state index in [1.54, 1.807) is 4.90 Å². The van der Waals surface area contributed by atoms with Crippen LogP contribution in [0.15, 0.2) is 59.4 Å². The van der Waals surface area contributed by atoms with Gasteiger partial charge in [0.25, 0.3) is 0 Å². The molecule has 2 aromatic carbocycles. The van der Waals surface area contributed by atoms with Crippen molar-refractivity contribution in [1.29, 1.82) is 0 Å². The minimum atomic E-state index is -0.437. The Bertz CT molecular complexity index is 1200. The van der Waals surface area contributed by atoms with Gasteiger partial charge in [-0.2, -0.15) is 4.98 Å². The Labute approximate surface area is 199 Å². The molecule has 0 saturated carbocycles. The lowest BCUT2D eigenvalue weighted by Gasteiger charge is -2.34. The third kappa shape index (κ3) is 5.51. The molecule has 0 unspecified atom stereocenters. The van der Waals surface area contributed by atoms with Crippen LogP contribution in [0, 0.1) is 0 Å². The molecule has 1 fully saturated rings. The highest BCUT2D eigenvalue weighted by Crippen LogP contribution is 2.25. The maximum absolute atomic E-state index is 13.1. The number of amides is 2. The number of piperazine rings is 1. The van der Waals surface area contributed by atoms with Crippen molar-refractivity contribution < 1.29 is 9.59 Å². The van der Waals surface area contributed by atoms with E-state index in [4.69, 9.17) is 0 Å². The van der Waals surface area contributed by atoms with E-state index in [1.807, 2.05) is 54.6 Å². The third-order valence-electron chi connectivity index (χ3n) is 6.17. The Morgan fingerprint density at radius 1 is 0.941 bits per heavy atom. The molecule has 0 aliphatic carbocycles. The van der Waals surface area contributed by atoms with E-state index in [9.17, 15) is 14.4 Å². The van der Waals surface area contributed by atoms with Gasteiger partial charge >= 0.3 is 5.69 Å². The molecule has 1 aliphatic rings. The second-order valence-electron chi connectivity index (χ2n) is 8.57. The van der Waals surface area contributed by atoms with Crippen molar-refractivity contribution in [3.8, 4) is 11.3 Å². The number of para-hydroxylation sites is 1. The number of nitrogens with one attached hydrogen (secondary N) is 1. The average molecular weight is 462 g/mol. The Morgan fingerprint density at radius 3 is 2.38 bits per heavy atom. The predicted octanol–water partition coefficient (Wildman–Crippen LogP) is 2.12. The Morgan fingerprint density at radius 2 is 1.65 bits per heavy atom. The molecule has 34 heavy (non-hydrogen) atoms. The van der Waals surface area contributed by atoms with E-state index >= 15 is 0 Å². The Balaban J connectivity index is 1.44. The molecule has 0 atom stereocenters. The van der Waals surface area contributed by atoms with E-state index in [0.29, 0.717) is 50.5 Å². The van der Waals surface area contributed by atoms with Crippen LogP contribution >= 0.6 is 0 Å². The Hall–Kier alpha value is -3.52. The summed E-state index contributed by atoms with van der Waals surface area (Å²) in [6.45, 7) is 5.41. The fraction of sp³-hybridized carbons (Fsp3) is 0.385. The van der Waals surface area contributed by atoms with E-state index in [2.05, 4.69) is 22.1 Å². The minimum Gasteiger partial charge on any atom is -0.355 e. The first-order valence-corrected chi connectivity index (χ1v) is 11.9. The second-order valence-corrected chi connectivity index (χ2v) is 8.57. The number of rotatable bonds is 8. The van der Waals surface area contributed by atoms with E-state index < -0.39 is 5.69 Å². The molecule has 1 saturated heterocycles. The number of aromatic nitrogens is 2. The van der Waals surface area contributed by atoms with Gasteiger partial charge in [0.2, 0.25) is 11.8 Å². The zero-order valence-corrected chi connectivity index (χ0v) is 19.6. The number of carbonyl (C=O) groups excluding carboxylic acids is 2. The SMILES string of the molecule is CCCCNC(=O)CN1CCN(C(=O)Cn2c(=O)nc(-c3ccccc3)c3ccccc32)CC1. The molecule has 2 heterocycles. The highest BCUT2D eigenvalue weighted by Gasteiger charge is 2.23. The summed E-state index contributed by atoms with van der Waals surface area (Å²) >= 11 is 0. The molecule has 178 valence electrons. The molecule has 1 N–H and O–H groups in total. The molecular weight excluding hydrogens is 430 g/mol. The zero-order chi connectivity index (χ0) is 23.9. The quantitative estimate of drug-likeness (QED) is 0.520. The first kappa shape index (κ1) is 23.6. The lowest BCUT2D eigenvalue weighted by molar-refractivity contribution is -0.133. The van der Waals surface area contributed by atoms with E-state index in [0.717, 1.165) is 23.8 Å². The molecule has 8 nitrogen and oxygen atoms in total. The fourth-order valence-electron chi connectivity index (χ4n) is 4.25. The number of unbranched alkanes of at least 4 members (excludes halogenated alkanes) is 1. The first-order chi connectivity index (χ1) is 16.6. The number of carbonyl (C=O) groups is 2. The van der Waals surface area contributed by atoms with Gasteiger partial charge in [-0.25, -0.2) is 4.79 Å². The molecule has 0 spiro atoms. The topological polar surface area (TPSA) is 87.5 Å². The predicted molar refractivity (Wildman–Crippen MR) is 132 cm³/mol. The highest BCUT2D eigenvalue weighted by molar-refractivity contribution is 5.93. The van der Waals surface area contributed by atoms with Crippen molar-refractivity contribution in [2.75, 3.05) is 39.3 Å². The summed E-state index contributed by atoms with van der Waals surface area (Å²) in [6, 6.07) is 17.1. The van der Waals surface area contributed by atoms with Crippen LogP contribution in [0.5, 0.6) is 0 Å². The normalized spacial score (nSPS) is 14.3. The monoisotopic (exact) mass is 461 g/mol. The number of hydrogen-bond donors (Lipinski definition) is 1. The van der Waals surface area contributed by atoms with Gasteiger partial charge < -0.3 is 10.2 Å². The van der Waals surface area contributed by atoms with Crippen molar-refractivity contribution in [2.45, 2.75) is 26.3 Å². The van der Waals surface area contributed by atoms with Crippen LogP contribution in [0.1, 0.15) is 19.8 Å². The summed E-state index contributed by atoms with van der Waals surface area (Å²) in [5, 5.41) is 3.76. The van der Waals surface area contributed by atoms with Gasteiger partial charge in [0, 0.05) is 43.7 Å². The van der Waals surface area contributed by atoms with Gasteiger partial charge in [0.05, 0.1) is 17.8 Å². The van der Waals surface area contributed by atoms with E-state index in [-0.39, 0.29) is 18.4 Å². The Kier molecular flexibility index (Phi) is 7.69. The number of hydrogen-bond acceptors (Lipinski definition) is 5. The van der Waals surface area contributed by atoms with Crippen LogP contribution in [0.4, 0.5) is 0 Å². The molecule has 0 bridgehead atoms. The lowest BCUT2D eigenvalue weighted by atomic mass is 10.1. The molecule has 1 aromatic heterocycles. The minimum absolute atomic E-state index is 0.0239. The molecule has 3 aromatic rings. The van der Waals surface area contributed by atoms with Crippen LogP contribution in [-0.4, -0.2) is 70.4 Å². The zero-order valence-electron chi connectivity index (χ0n) is 19.6. The summed E-state index contributed by atoms with van der Waals surface area (Å²) < 4.78 is 1.46. The maximum Gasteiger partial charge on any atom is 0.349 e. The van der Waals surface area contributed by atoms with Crippen molar-refractivity contribution in [3.63, 3.8) is 0 Å². The van der Waals surface area contributed by atoms with E-state index in [1.165, 1.54) is 4.57 Å². The van der Waals surface area contributed by atoms with Gasteiger partial charge in [0.15, 0.2) is 0 Å². The summed E-state index contributed by atoms with van der Waals surface area (Å²) in [7, 11) is 0. The summed E-state index contributed by atoms with van der Waals surface area (Å²) in [5.41, 5.74) is 1.74. The molecule has 2 amide bonds. The van der Waals surface area contributed by atoms with Gasteiger partial charge in [-0.1, -0.05) is 61.9 Å². The van der Waals surface area contributed by atoms with Gasteiger partial charge in [-0.3, -0.25) is 19.1 Å². The molecule has 0 radical (unpaired) electrons. The molecule has 8 heteroatoms. The largest absolute Gasteiger partial charge is 0.355 e. The van der Waals surface area contributed by atoms with Crippen molar-refractivity contribution in [1.82, 2.24) is 24.7 Å². The lowest BCUT2D eigenvalue weighted by Crippen LogP contribution is -2.52.